The molecule has 3 nitrogen and oxygen atoms in total. The van der Waals surface area contributed by atoms with Crippen LogP contribution in [-0.4, -0.2) is 11.5 Å². The molecule has 0 fully saturated rings. The molecule has 0 radical (unpaired) electrons. The highest BCUT2D eigenvalue weighted by Crippen LogP contribution is 2.50. The predicted octanol–water partition coefficient (Wildman–Crippen LogP) is 6.88. The summed E-state index contributed by atoms with van der Waals surface area (Å²) in [6, 6.07) is 16.1. The van der Waals surface area contributed by atoms with Crippen LogP contribution in [0.15, 0.2) is 54.6 Å². The number of aryl methyl sites for hydroxylation is 2. The Balaban J connectivity index is 1.68. The summed E-state index contributed by atoms with van der Waals surface area (Å²) in [5.41, 5.74) is 3.63. The van der Waals surface area contributed by atoms with Crippen molar-refractivity contribution in [2.45, 2.75) is 51.6 Å². The molecule has 3 aromatic rings. The fourth-order valence-electron chi connectivity index (χ4n) is 4.90. The highest BCUT2D eigenvalue weighted by molar-refractivity contribution is 6.31. The van der Waals surface area contributed by atoms with Gasteiger partial charge in [-0.2, -0.15) is 0 Å². The average Bonchev–Trinajstić information content (AvgIpc) is 2.94. The van der Waals surface area contributed by atoms with Gasteiger partial charge in [0.2, 0.25) is 5.91 Å². The number of fused-ring (bicyclic) bond motifs is 2. The number of halogens is 2. The van der Waals surface area contributed by atoms with Crippen LogP contribution in [0.25, 0.3) is 0 Å². The van der Waals surface area contributed by atoms with Crippen LogP contribution >= 0.6 is 11.6 Å². The minimum atomic E-state index is -0.956. The van der Waals surface area contributed by atoms with Gasteiger partial charge >= 0.3 is 0 Å². The number of hydrogen-bond donors (Lipinski definition) is 0. The lowest BCUT2D eigenvalue weighted by Gasteiger charge is -2.34. The first-order chi connectivity index (χ1) is 15.1. The second kappa shape index (κ2) is 7.08. The number of ether oxygens (including phenoxy) is 1. The molecule has 0 aliphatic carbocycles. The van der Waals surface area contributed by atoms with Crippen LogP contribution in [0.4, 0.5) is 15.8 Å². The zero-order valence-electron chi connectivity index (χ0n) is 18.6. The lowest BCUT2D eigenvalue weighted by molar-refractivity contribution is -0.120. The van der Waals surface area contributed by atoms with Gasteiger partial charge in [0.15, 0.2) is 0 Å². The minimum absolute atomic E-state index is 0.128. The summed E-state index contributed by atoms with van der Waals surface area (Å²) in [6.45, 7) is 7.91. The maximum Gasteiger partial charge on any atom is 0.246 e. The van der Waals surface area contributed by atoms with E-state index in [1.165, 1.54) is 12.1 Å². The summed E-state index contributed by atoms with van der Waals surface area (Å²) in [5, 5.41) is 0.558. The molecule has 0 spiro atoms. The van der Waals surface area contributed by atoms with Crippen molar-refractivity contribution in [1.82, 2.24) is 0 Å². The van der Waals surface area contributed by atoms with Gasteiger partial charge in [0, 0.05) is 5.02 Å². The van der Waals surface area contributed by atoms with Crippen LogP contribution in [0.3, 0.4) is 0 Å². The fourth-order valence-corrected chi connectivity index (χ4v) is 5.08. The van der Waals surface area contributed by atoms with Crippen LogP contribution < -0.4 is 9.64 Å². The van der Waals surface area contributed by atoms with E-state index in [9.17, 15) is 9.18 Å². The third kappa shape index (κ3) is 3.20. The van der Waals surface area contributed by atoms with Gasteiger partial charge in [0.1, 0.15) is 17.2 Å². The second-order valence-corrected chi connectivity index (χ2v) is 10.0. The van der Waals surface area contributed by atoms with Crippen molar-refractivity contribution in [2.75, 3.05) is 4.90 Å². The molecule has 164 valence electrons. The van der Waals surface area contributed by atoms with Gasteiger partial charge < -0.3 is 4.74 Å². The molecule has 0 saturated carbocycles. The quantitative estimate of drug-likeness (QED) is 0.427. The molecule has 5 heteroatoms. The van der Waals surface area contributed by atoms with Crippen molar-refractivity contribution in [1.29, 1.82) is 0 Å². The van der Waals surface area contributed by atoms with Gasteiger partial charge in [-0.05, 0) is 105 Å². The number of hydrogen-bond acceptors (Lipinski definition) is 2. The van der Waals surface area contributed by atoms with E-state index in [1.807, 2.05) is 44.2 Å². The Hall–Kier alpha value is -2.85. The van der Waals surface area contributed by atoms with Crippen LogP contribution in [0.2, 0.25) is 5.02 Å². The van der Waals surface area contributed by atoms with Gasteiger partial charge in [0.25, 0.3) is 0 Å². The molecule has 2 aliphatic rings. The van der Waals surface area contributed by atoms with Gasteiger partial charge in [-0.3, -0.25) is 9.69 Å². The molecule has 2 heterocycles. The third-order valence-corrected chi connectivity index (χ3v) is 6.91. The minimum Gasteiger partial charge on any atom is -0.488 e. The van der Waals surface area contributed by atoms with Gasteiger partial charge in [-0.1, -0.05) is 23.7 Å². The number of benzene rings is 3. The van der Waals surface area contributed by atoms with Gasteiger partial charge in [-0.25, -0.2) is 4.39 Å². The first kappa shape index (κ1) is 21.0. The Morgan fingerprint density at radius 1 is 1.03 bits per heavy atom. The molecule has 5 rings (SSSR count). The molecule has 0 unspecified atom stereocenters. The van der Waals surface area contributed by atoms with Gasteiger partial charge in [0.05, 0.1) is 16.8 Å². The normalized spacial score (nSPS) is 21.2. The summed E-state index contributed by atoms with van der Waals surface area (Å²) in [6.07, 6.45) is 1.79. The van der Waals surface area contributed by atoms with E-state index < -0.39 is 5.41 Å². The molecule has 32 heavy (non-hydrogen) atoms. The highest BCUT2D eigenvalue weighted by atomic mass is 35.5. The van der Waals surface area contributed by atoms with E-state index in [2.05, 4.69) is 19.9 Å². The number of carbonyl (C=O) groups is 1. The van der Waals surface area contributed by atoms with Crippen molar-refractivity contribution in [3.05, 3.63) is 87.7 Å². The Bertz CT molecular complexity index is 1250. The molecule has 0 N–H and O–H groups in total. The first-order valence-corrected chi connectivity index (χ1v) is 11.2. The van der Waals surface area contributed by atoms with E-state index >= 15 is 0 Å². The van der Waals surface area contributed by atoms with Crippen molar-refractivity contribution in [3.8, 4) is 5.75 Å². The predicted molar refractivity (Wildman–Crippen MR) is 126 cm³/mol. The van der Waals surface area contributed by atoms with Crippen LogP contribution in [0.1, 0.15) is 49.4 Å². The van der Waals surface area contributed by atoms with Crippen molar-refractivity contribution >= 4 is 28.9 Å². The van der Waals surface area contributed by atoms with Crippen molar-refractivity contribution in [3.63, 3.8) is 0 Å². The number of anilines is 2. The third-order valence-electron chi connectivity index (χ3n) is 6.67. The zero-order valence-corrected chi connectivity index (χ0v) is 19.4. The molecule has 0 aromatic heterocycles. The summed E-state index contributed by atoms with van der Waals surface area (Å²) < 4.78 is 20.4. The molecule has 3 aromatic carbocycles. The Kier molecular flexibility index (Phi) is 4.65. The van der Waals surface area contributed by atoms with E-state index in [0.29, 0.717) is 10.7 Å². The Labute approximate surface area is 192 Å². The second-order valence-electron chi connectivity index (χ2n) is 9.60. The standard InChI is InChI=1S/C27H25ClFNO2/c1-16-11-20(29)15-21(12-16)30-23-7-6-19(28)14-22(23)27(4,25(30)31)18-5-8-24-17(13-18)9-10-26(2,3)32-24/h5-8,11-15H,9-10H2,1-4H3/t27-/m0/s1. The topological polar surface area (TPSA) is 29.5 Å². The molecule has 0 bridgehead atoms. The lowest BCUT2D eigenvalue weighted by atomic mass is 9.76. The summed E-state index contributed by atoms with van der Waals surface area (Å²) in [4.78, 5) is 15.6. The average molecular weight is 450 g/mol. The smallest absolute Gasteiger partial charge is 0.246 e. The first-order valence-electron chi connectivity index (χ1n) is 10.8. The fraction of sp³-hybridized carbons (Fsp3) is 0.296. The van der Waals surface area contributed by atoms with Crippen molar-refractivity contribution in [2.24, 2.45) is 0 Å². The van der Waals surface area contributed by atoms with Gasteiger partial charge in [-0.15, -0.1) is 0 Å². The van der Waals surface area contributed by atoms with Crippen LogP contribution in [0, 0.1) is 12.7 Å². The Morgan fingerprint density at radius 3 is 2.56 bits per heavy atom. The maximum atomic E-state index is 14.2. The van der Waals surface area contributed by atoms with E-state index in [-0.39, 0.29) is 17.3 Å². The van der Waals surface area contributed by atoms with Crippen molar-refractivity contribution < 1.29 is 13.9 Å². The summed E-state index contributed by atoms with van der Waals surface area (Å²) >= 11 is 6.37. The summed E-state index contributed by atoms with van der Waals surface area (Å²) in [7, 11) is 0. The number of amides is 1. The largest absolute Gasteiger partial charge is 0.488 e. The molecule has 1 atom stereocenters. The molecule has 0 saturated heterocycles. The monoisotopic (exact) mass is 449 g/mol. The van der Waals surface area contributed by atoms with E-state index in [4.69, 9.17) is 16.3 Å². The Morgan fingerprint density at radius 2 is 1.81 bits per heavy atom. The van der Waals surface area contributed by atoms with Crippen LogP contribution in [0.5, 0.6) is 5.75 Å². The van der Waals surface area contributed by atoms with E-state index in [0.717, 1.165) is 46.5 Å². The SMILES string of the molecule is Cc1cc(F)cc(N2C(=O)[C@@](C)(c3ccc4c(c3)CCC(C)(C)O4)c3cc(Cl)ccc32)c1. The number of rotatable bonds is 2. The maximum absolute atomic E-state index is 14.2. The van der Waals surface area contributed by atoms with E-state index in [1.54, 1.807) is 11.0 Å². The number of nitrogens with zero attached hydrogens (tertiary/aromatic N) is 1. The van der Waals surface area contributed by atoms with Crippen LogP contribution in [-0.2, 0) is 16.6 Å². The molecular weight excluding hydrogens is 425 g/mol. The molecule has 1 amide bonds. The molecular formula is C27H25ClFNO2. The zero-order chi connectivity index (χ0) is 22.8. The molecule has 2 aliphatic heterocycles. The highest BCUT2D eigenvalue weighted by Gasteiger charge is 2.49. The lowest BCUT2D eigenvalue weighted by Crippen LogP contribution is -2.37. The summed E-state index contributed by atoms with van der Waals surface area (Å²) in [5.74, 6) is 0.366. The number of carbonyl (C=O) groups excluding carboxylic acids is 1.